The summed E-state index contributed by atoms with van der Waals surface area (Å²) < 4.78 is 5.83. The third-order valence-electron chi connectivity index (χ3n) is 2.41. The Kier molecular flexibility index (Phi) is 2.27. The lowest BCUT2D eigenvalue weighted by atomic mass is 10.3. The Morgan fingerprint density at radius 2 is 2.31 bits per heavy atom. The van der Waals surface area contributed by atoms with Crippen molar-refractivity contribution in [1.82, 2.24) is 10.3 Å². The Balaban J connectivity index is 2.03. The largest absolute Gasteiger partial charge is 0.487 e. The first-order valence-corrected chi connectivity index (χ1v) is 4.79. The van der Waals surface area contributed by atoms with Gasteiger partial charge in [-0.3, -0.25) is 0 Å². The molecule has 0 spiro atoms. The second kappa shape index (κ2) is 3.42. The second-order valence-corrected chi connectivity index (χ2v) is 3.67. The van der Waals surface area contributed by atoms with Gasteiger partial charge in [-0.15, -0.1) is 0 Å². The van der Waals surface area contributed by atoms with Crippen LogP contribution in [0, 0.1) is 13.8 Å². The first-order valence-electron chi connectivity index (χ1n) is 4.79. The van der Waals surface area contributed by atoms with Gasteiger partial charge in [-0.05, 0) is 26.8 Å². The van der Waals surface area contributed by atoms with Crippen molar-refractivity contribution >= 4 is 0 Å². The predicted molar refractivity (Wildman–Crippen MR) is 52.2 cm³/mol. The fourth-order valence-electron chi connectivity index (χ4n) is 1.73. The molecule has 1 aromatic heterocycles. The van der Waals surface area contributed by atoms with Crippen molar-refractivity contribution in [3.63, 3.8) is 0 Å². The number of rotatable bonds is 2. The number of aromatic amines is 1. The zero-order valence-corrected chi connectivity index (χ0v) is 8.18. The molecule has 72 valence electrons. The van der Waals surface area contributed by atoms with Crippen LogP contribution in [0.3, 0.4) is 0 Å². The lowest BCUT2D eigenvalue weighted by Crippen LogP contribution is -2.19. The molecule has 0 radical (unpaired) electrons. The first-order chi connectivity index (χ1) is 6.25. The number of H-pyrrole nitrogens is 1. The van der Waals surface area contributed by atoms with Gasteiger partial charge < -0.3 is 15.0 Å². The molecule has 2 heterocycles. The molecule has 0 saturated carbocycles. The molecule has 0 aliphatic carbocycles. The highest BCUT2D eigenvalue weighted by Crippen LogP contribution is 2.21. The van der Waals surface area contributed by atoms with Crippen molar-refractivity contribution in [2.24, 2.45) is 0 Å². The normalized spacial score (nSPS) is 22.2. The van der Waals surface area contributed by atoms with Gasteiger partial charge in [0, 0.05) is 18.3 Å². The molecule has 2 rings (SSSR count). The summed E-state index contributed by atoms with van der Waals surface area (Å²) in [5, 5.41) is 3.28. The van der Waals surface area contributed by atoms with Crippen LogP contribution in [-0.2, 0) is 0 Å². The minimum Gasteiger partial charge on any atom is -0.487 e. The average Bonchev–Trinajstić information content (AvgIpc) is 2.63. The molecule has 1 aromatic rings. The number of aryl methyl sites for hydroxylation is 2. The molecular formula is C10H16N2O. The molecule has 1 atom stereocenters. The highest BCUT2D eigenvalue weighted by atomic mass is 16.5. The van der Waals surface area contributed by atoms with E-state index in [1.54, 1.807) is 0 Å². The van der Waals surface area contributed by atoms with Crippen molar-refractivity contribution in [1.29, 1.82) is 0 Å². The molecular weight excluding hydrogens is 164 g/mol. The van der Waals surface area contributed by atoms with E-state index in [0.717, 1.165) is 31.0 Å². The van der Waals surface area contributed by atoms with Gasteiger partial charge in [0.1, 0.15) is 11.9 Å². The Labute approximate surface area is 78.5 Å². The Morgan fingerprint density at radius 3 is 2.85 bits per heavy atom. The van der Waals surface area contributed by atoms with Crippen molar-refractivity contribution in [2.45, 2.75) is 26.4 Å². The summed E-state index contributed by atoms with van der Waals surface area (Å²) in [5.41, 5.74) is 2.29. The SMILES string of the molecule is Cc1cc(OC2CCNC2)c(C)[nH]1. The summed E-state index contributed by atoms with van der Waals surface area (Å²) in [6.07, 6.45) is 1.47. The van der Waals surface area contributed by atoms with Crippen LogP contribution in [0.4, 0.5) is 0 Å². The Hall–Kier alpha value is -0.960. The molecule has 2 N–H and O–H groups in total. The van der Waals surface area contributed by atoms with E-state index in [9.17, 15) is 0 Å². The standard InChI is InChI=1S/C10H16N2O/c1-7-5-10(8(2)12-7)13-9-3-4-11-6-9/h5,9,11-12H,3-4,6H2,1-2H3. The molecule has 1 unspecified atom stereocenters. The van der Waals surface area contributed by atoms with Gasteiger partial charge in [-0.1, -0.05) is 0 Å². The molecule has 13 heavy (non-hydrogen) atoms. The van der Waals surface area contributed by atoms with Crippen molar-refractivity contribution in [3.8, 4) is 5.75 Å². The predicted octanol–water partition coefficient (Wildman–Crippen LogP) is 1.37. The van der Waals surface area contributed by atoms with Crippen LogP contribution < -0.4 is 10.1 Å². The number of hydrogen-bond acceptors (Lipinski definition) is 2. The van der Waals surface area contributed by atoms with E-state index < -0.39 is 0 Å². The van der Waals surface area contributed by atoms with E-state index in [0.29, 0.717) is 6.10 Å². The maximum atomic E-state index is 5.83. The number of hydrogen-bond donors (Lipinski definition) is 2. The van der Waals surface area contributed by atoms with Crippen molar-refractivity contribution in [3.05, 3.63) is 17.5 Å². The second-order valence-electron chi connectivity index (χ2n) is 3.67. The van der Waals surface area contributed by atoms with E-state index in [1.807, 2.05) is 13.8 Å². The van der Waals surface area contributed by atoms with Crippen molar-refractivity contribution < 1.29 is 4.74 Å². The Bertz CT molecular complexity index is 287. The summed E-state index contributed by atoms with van der Waals surface area (Å²) in [5.74, 6) is 1.01. The van der Waals surface area contributed by atoms with Crippen LogP contribution in [0.25, 0.3) is 0 Å². The van der Waals surface area contributed by atoms with Crippen LogP contribution in [0.15, 0.2) is 6.07 Å². The van der Waals surface area contributed by atoms with Gasteiger partial charge in [0.15, 0.2) is 0 Å². The number of nitrogens with one attached hydrogen (secondary N) is 2. The van der Waals surface area contributed by atoms with E-state index in [2.05, 4.69) is 16.4 Å². The van der Waals surface area contributed by atoms with Gasteiger partial charge in [0.25, 0.3) is 0 Å². The molecule has 3 heteroatoms. The van der Waals surface area contributed by atoms with Gasteiger partial charge in [0.05, 0.1) is 5.69 Å². The van der Waals surface area contributed by atoms with Crippen LogP contribution in [0.2, 0.25) is 0 Å². The third kappa shape index (κ3) is 1.86. The van der Waals surface area contributed by atoms with Gasteiger partial charge >= 0.3 is 0 Å². The van der Waals surface area contributed by atoms with Crippen LogP contribution >= 0.6 is 0 Å². The van der Waals surface area contributed by atoms with Gasteiger partial charge in [0.2, 0.25) is 0 Å². The summed E-state index contributed by atoms with van der Waals surface area (Å²) in [7, 11) is 0. The zero-order valence-electron chi connectivity index (χ0n) is 8.18. The van der Waals surface area contributed by atoms with Crippen molar-refractivity contribution in [2.75, 3.05) is 13.1 Å². The molecule has 3 nitrogen and oxygen atoms in total. The fourth-order valence-corrected chi connectivity index (χ4v) is 1.73. The number of ether oxygens (including phenoxy) is 1. The van der Waals surface area contributed by atoms with Crippen LogP contribution in [-0.4, -0.2) is 24.2 Å². The van der Waals surface area contributed by atoms with Crippen LogP contribution in [0.1, 0.15) is 17.8 Å². The van der Waals surface area contributed by atoms with Crippen LogP contribution in [0.5, 0.6) is 5.75 Å². The summed E-state index contributed by atoms with van der Waals surface area (Å²) >= 11 is 0. The summed E-state index contributed by atoms with van der Waals surface area (Å²) in [4.78, 5) is 3.24. The quantitative estimate of drug-likeness (QED) is 0.721. The highest BCUT2D eigenvalue weighted by Gasteiger charge is 2.17. The molecule has 0 amide bonds. The summed E-state index contributed by atoms with van der Waals surface area (Å²) in [6, 6.07) is 2.06. The molecule has 0 bridgehead atoms. The zero-order chi connectivity index (χ0) is 9.26. The minimum absolute atomic E-state index is 0.355. The third-order valence-corrected chi connectivity index (χ3v) is 2.41. The summed E-state index contributed by atoms with van der Waals surface area (Å²) in [6.45, 7) is 6.15. The van der Waals surface area contributed by atoms with Gasteiger partial charge in [-0.25, -0.2) is 0 Å². The fraction of sp³-hybridized carbons (Fsp3) is 0.600. The molecule has 1 fully saturated rings. The topological polar surface area (TPSA) is 37.0 Å². The molecule has 1 aliphatic heterocycles. The maximum Gasteiger partial charge on any atom is 0.140 e. The van der Waals surface area contributed by atoms with E-state index in [4.69, 9.17) is 4.74 Å². The Morgan fingerprint density at radius 1 is 1.46 bits per heavy atom. The highest BCUT2D eigenvalue weighted by molar-refractivity contribution is 5.31. The smallest absolute Gasteiger partial charge is 0.140 e. The van der Waals surface area contributed by atoms with Gasteiger partial charge in [-0.2, -0.15) is 0 Å². The monoisotopic (exact) mass is 180 g/mol. The van der Waals surface area contributed by atoms with E-state index in [-0.39, 0.29) is 0 Å². The minimum atomic E-state index is 0.355. The maximum absolute atomic E-state index is 5.83. The first kappa shape index (κ1) is 8.63. The molecule has 1 aliphatic rings. The lowest BCUT2D eigenvalue weighted by molar-refractivity contribution is 0.222. The average molecular weight is 180 g/mol. The van der Waals surface area contributed by atoms with E-state index >= 15 is 0 Å². The number of aromatic nitrogens is 1. The molecule has 1 saturated heterocycles. The lowest BCUT2D eigenvalue weighted by Gasteiger charge is -2.11. The van der Waals surface area contributed by atoms with E-state index in [1.165, 1.54) is 5.69 Å². The molecule has 0 aromatic carbocycles.